The van der Waals surface area contributed by atoms with Crippen molar-refractivity contribution < 1.29 is 4.39 Å². The SMILES string of the molecule is Fc1ccc(-c2cc(-c3ccc(-c4ccc5ccc6cccc7ccc4c5c67)cc3)nc(-c3cccc(-c4cccnc4)c3)n2)cc1. The molecule has 9 aromatic rings. The molecule has 0 aliphatic rings. The van der Waals surface area contributed by atoms with Gasteiger partial charge in [-0.3, -0.25) is 4.98 Å². The van der Waals surface area contributed by atoms with Gasteiger partial charge in [-0.15, -0.1) is 0 Å². The van der Waals surface area contributed by atoms with Gasteiger partial charge in [0.05, 0.1) is 11.4 Å². The van der Waals surface area contributed by atoms with Crippen LogP contribution in [0.5, 0.6) is 0 Å². The molecule has 0 atom stereocenters. The third-order valence-corrected chi connectivity index (χ3v) is 9.00. The van der Waals surface area contributed by atoms with Crippen molar-refractivity contribution in [3.63, 3.8) is 0 Å². The van der Waals surface area contributed by atoms with Gasteiger partial charge in [0.2, 0.25) is 0 Å². The molecule has 0 spiro atoms. The Kier molecular flexibility index (Phi) is 6.32. The average molecular weight is 604 g/mol. The molecule has 0 aliphatic heterocycles. The van der Waals surface area contributed by atoms with Crippen LogP contribution in [-0.4, -0.2) is 15.0 Å². The Balaban J connectivity index is 1.16. The molecule has 47 heavy (non-hydrogen) atoms. The molecule has 0 bridgehead atoms. The van der Waals surface area contributed by atoms with Crippen LogP contribution in [0, 0.1) is 5.82 Å². The van der Waals surface area contributed by atoms with Crippen LogP contribution >= 0.6 is 0 Å². The summed E-state index contributed by atoms with van der Waals surface area (Å²) >= 11 is 0. The first kappa shape index (κ1) is 27.1. The second-order valence-corrected chi connectivity index (χ2v) is 11.8. The van der Waals surface area contributed by atoms with Crippen LogP contribution in [0.2, 0.25) is 0 Å². The van der Waals surface area contributed by atoms with Gasteiger partial charge in [0.1, 0.15) is 5.82 Å². The van der Waals surface area contributed by atoms with E-state index in [1.165, 1.54) is 50.0 Å². The summed E-state index contributed by atoms with van der Waals surface area (Å²) in [6, 6.07) is 49.0. The van der Waals surface area contributed by atoms with Gasteiger partial charge in [0.15, 0.2) is 5.82 Å². The summed E-state index contributed by atoms with van der Waals surface area (Å²) in [7, 11) is 0. The Labute approximate surface area is 271 Å². The molecule has 0 saturated heterocycles. The van der Waals surface area contributed by atoms with E-state index < -0.39 is 0 Å². The summed E-state index contributed by atoms with van der Waals surface area (Å²) < 4.78 is 13.9. The van der Waals surface area contributed by atoms with Gasteiger partial charge in [-0.2, -0.15) is 0 Å². The second kappa shape index (κ2) is 11.0. The maximum absolute atomic E-state index is 13.9. The van der Waals surface area contributed by atoms with Gasteiger partial charge >= 0.3 is 0 Å². The van der Waals surface area contributed by atoms with Crippen molar-refractivity contribution in [2.75, 3.05) is 0 Å². The first-order valence-electron chi connectivity index (χ1n) is 15.6. The zero-order valence-electron chi connectivity index (χ0n) is 25.2. The highest BCUT2D eigenvalue weighted by atomic mass is 19.1. The quantitative estimate of drug-likeness (QED) is 0.184. The molecular formula is C43H26FN3. The third kappa shape index (κ3) is 4.79. The van der Waals surface area contributed by atoms with E-state index in [9.17, 15) is 4.39 Å². The molecule has 0 unspecified atom stereocenters. The van der Waals surface area contributed by atoms with Crippen LogP contribution in [0.1, 0.15) is 0 Å². The molecule has 220 valence electrons. The van der Waals surface area contributed by atoms with Gasteiger partial charge in [-0.1, -0.05) is 103 Å². The highest BCUT2D eigenvalue weighted by Gasteiger charge is 2.14. The van der Waals surface area contributed by atoms with Gasteiger partial charge in [0.25, 0.3) is 0 Å². The van der Waals surface area contributed by atoms with Crippen molar-refractivity contribution in [2.24, 2.45) is 0 Å². The molecule has 0 N–H and O–H groups in total. The van der Waals surface area contributed by atoms with Gasteiger partial charge in [-0.25, -0.2) is 14.4 Å². The molecule has 2 heterocycles. The Morgan fingerprint density at radius 3 is 1.74 bits per heavy atom. The maximum Gasteiger partial charge on any atom is 0.160 e. The summed E-state index contributed by atoms with van der Waals surface area (Å²) in [4.78, 5) is 14.3. The molecule has 0 radical (unpaired) electrons. The third-order valence-electron chi connectivity index (χ3n) is 9.00. The van der Waals surface area contributed by atoms with E-state index in [-0.39, 0.29) is 5.82 Å². The van der Waals surface area contributed by atoms with Crippen LogP contribution in [0.3, 0.4) is 0 Å². The standard InChI is InChI=1S/C43H26FN3/c44-36-19-15-29(16-20-36)40-25-39(46-43(47-40)34-7-2-6-33(24-34)35-8-3-23-45-26-35)28-11-9-27(10-12-28)37-21-17-32-14-13-30-4-1-5-31-18-22-38(37)42(32)41(30)31/h1-26H. The molecule has 2 aromatic heterocycles. The first-order valence-corrected chi connectivity index (χ1v) is 15.6. The molecule has 4 heteroatoms. The number of benzene rings is 7. The van der Waals surface area contributed by atoms with Crippen LogP contribution in [0.4, 0.5) is 4.39 Å². The van der Waals surface area contributed by atoms with Crippen molar-refractivity contribution >= 4 is 32.3 Å². The number of aromatic nitrogens is 3. The number of hydrogen-bond acceptors (Lipinski definition) is 3. The maximum atomic E-state index is 13.9. The predicted molar refractivity (Wildman–Crippen MR) is 191 cm³/mol. The number of rotatable bonds is 5. The number of pyridine rings is 1. The predicted octanol–water partition coefficient (Wildman–Crippen LogP) is 11.2. The van der Waals surface area contributed by atoms with E-state index in [4.69, 9.17) is 9.97 Å². The lowest BCUT2D eigenvalue weighted by Crippen LogP contribution is -1.96. The van der Waals surface area contributed by atoms with E-state index in [1.807, 2.05) is 36.5 Å². The van der Waals surface area contributed by atoms with E-state index in [2.05, 4.69) is 96.0 Å². The number of nitrogens with zero attached hydrogens (tertiary/aromatic N) is 3. The minimum atomic E-state index is -0.283. The summed E-state index contributed by atoms with van der Waals surface area (Å²) in [6.07, 6.45) is 3.62. The van der Waals surface area contributed by atoms with Crippen molar-refractivity contribution in [3.8, 4) is 56.2 Å². The first-order chi connectivity index (χ1) is 23.2. The zero-order valence-corrected chi connectivity index (χ0v) is 25.2. The molecule has 3 nitrogen and oxygen atoms in total. The fraction of sp³-hybridized carbons (Fsp3) is 0. The Hall–Kier alpha value is -6.26. The summed E-state index contributed by atoms with van der Waals surface area (Å²) in [5.74, 6) is 0.318. The molecule has 0 fully saturated rings. The van der Waals surface area contributed by atoms with Crippen molar-refractivity contribution in [3.05, 3.63) is 164 Å². The Bertz CT molecular complexity index is 2540. The lowest BCUT2D eigenvalue weighted by Gasteiger charge is -2.14. The number of hydrogen-bond donors (Lipinski definition) is 0. The monoisotopic (exact) mass is 603 g/mol. The molecule has 7 aromatic carbocycles. The minimum absolute atomic E-state index is 0.283. The lowest BCUT2D eigenvalue weighted by atomic mass is 9.89. The van der Waals surface area contributed by atoms with Gasteiger partial charge in [-0.05, 0) is 91.5 Å². The lowest BCUT2D eigenvalue weighted by molar-refractivity contribution is 0.628. The van der Waals surface area contributed by atoms with Crippen molar-refractivity contribution in [2.45, 2.75) is 0 Å². The average Bonchev–Trinajstić information content (AvgIpc) is 3.14. The fourth-order valence-corrected chi connectivity index (χ4v) is 6.67. The van der Waals surface area contributed by atoms with Crippen LogP contribution in [0.15, 0.2) is 158 Å². The molecule has 0 saturated carbocycles. The van der Waals surface area contributed by atoms with E-state index in [0.717, 1.165) is 44.8 Å². The fourth-order valence-electron chi connectivity index (χ4n) is 6.67. The Morgan fingerprint density at radius 2 is 1.02 bits per heavy atom. The summed E-state index contributed by atoms with van der Waals surface area (Å²) in [5, 5.41) is 7.64. The van der Waals surface area contributed by atoms with Crippen LogP contribution < -0.4 is 0 Å². The zero-order chi connectivity index (χ0) is 31.3. The summed E-state index contributed by atoms with van der Waals surface area (Å²) in [6.45, 7) is 0. The van der Waals surface area contributed by atoms with Gasteiger partial charge < -0.3 is 0 Å². The van der Waals surface area contributed by atoms with E-state index in [0.29, 0.717) is 5.82 Å². The largest absolute Gasteiger partial charge is 0.264 e. The topological polar surface area (TPSA) is 38.7 Å². The molecule has 0 amide bonds. The highest BCUT2D eigenvalue weighted by molar-refractivity contribution is 6.25. The molecular weight excluding hydrogens is 577 g/mol. The Morgan fingerprint density at radius 1 is 0.426 bits per heavy atom. The molecule has 0 aliphatic carbocycles. The number of halogens is 1. The summed E-state index contributed by atoms with van der Waals surface area (Å²) in [5.41, 5.74) is 8.61. The minimum Gasteiger partial charge on any atom is -0.264 e. The van der Waals surface area contributed by atoms with Crippen molar-refractivity contribution in [1.29, 1.82) is 0 Å². The van der Waals surface area contributed by atoms with E-state index in [1.54, 1.807) is 18.3 Å². The van der Waals surface area contributed by atoms with Crippen molar-refractivity contribution in [1.82, 2.24) is 15.0 Å². The second-order valence-electron chi connectivity index (χ2n) is 11.8. The van der Waals surface area contributed by atoms with E-state index >= 15 is 0 Å². The van der Waals surface area contributed by atoms with Crippen LogP contribution in [0.25, 0.3) is 88.5 Å². The molecule has 9 rings (SSSR count). The smallest absolute Gasteiger partial charge is 0.160 e. The normalized spacial score (nSPS) is 11.5. The van der Waals surface area contributed by atoms with Crippen LogP contribution in [-0.2, 0) is 0 Å². The highest BCUT2D eigenvalue weighted by Crippen LogP contribution is 2.40. The van der Waals surface area contributed by atoms with Gasteiger partial charge in [0, 0.05) is 34.6 Å².